The van der Waals surface area contributed by atoms with Crippen LogP contribution in [0.2, 0.25) is 6.32 Å². The lowest BCUT2D eigenvalue weighted by Gasteiger charge is -2.46. The first kappa shape index (κ1) is 21.3. The SMILES string of the molecule is [B]CCCCC(C)(N)C1CC(NCCCc2ccc(C(F)(F)F)cc2)C1. The highest BCUT2D eigenvalue weighted by Gasteiger charge is 2.39. The maximum absolute atomic E-state index is 12.5. The number of nitrogens with two attached hydrogens (primary N) is 1. The summed E-state index contributed by atoms with van der Waals surface area (Å²) in [6.45, 7) is 3.03. The molecule has 1 aromatic carbocycles. The molecule has 6 heteroatoms. The average molecular weight is 366 g/mol. The first-order valence-electron chi connectivity index (χ1n) is 9.61. The summed E-state index contributed by atoms with van der Waals surface area (Å²) in [6.07, 6.45) is 3.53. The fourth-order valence-corrected chi connectivity index (χ4v) is 3.64. The van der Waals surface area contributed by atoms with Crippen molar-refractivity contribution in [3.63, 3.8) is 0 Å². The second kappa shape index (κ2) is 9.27. The van der Waals surface area contributed by atoms with Gasteiger partial charge in [-0.25, -0.2) is 0 Å². The highest BCUT2D eigenvalue weighted by molar-refractivity contribution is 6.08. The van der Waals surface area contributed by atoms with Crippen LogP contribution < -0.4 is 11.1 Å². The Kier molecular flexibility index (Phi) is 7.59. The lowest BCUT2D eigenvalue weighted by atomic mass is 9.67. The number of aryl methyl sites for hydroxylation is 1. The van der Waals surface area contributed by atoms with Crippen molar-refractivity contribution in [3.05, 3.63) is 35.4 Å². The van der Waals surface area contributed by atoms with Gasteiger partial charge in [0, 0.05) is 11.6 Å². The summed E-state index contributed by atoms with van der Waals surface area (Å²) >= 11 is 0. The van der Waals surface area contributed by atoms with Gasteiger partial charge < -0.3 is 11.1 Å². The molecule has 2 nitrogen and oxygen atoms in total. The monoisotopic (exact) mass is 366 g/mol. The standard InChI is InChI=1S/C20H30BF3N2/c1-19(25,10-2-3-11-21)17-13-18(14-17)26-12-4-5-15-6-8-16(9-7-15)20(22,23)24/h6-9,17-18,26H,2-5,10-14,25H2,1H3. The van der Waals surface area contributed by atoms with Gasteiger partial charge in [-0.1, -0.05) is 31.3 Å². The van der Waals surface area contributed by atoms with E-state index in [-0.39, 0.29) is 5.54 Å². The molecule has 0 heterocycles. The van der Waals surface area contributed by atoms with E-state index in [4.69, 9.17) is 13.6 Å². The Balaban J connectivity index is 1.60. The normalized spacial score (nSPS) is 22.7. The van der Waals surface area contributed by atoms with Crippen molar-refractivity contribution >= 4 is 7.85 Å². The smallest absolute Gasteiger partial charge is 0.325 e. The fraction of sp³-hybridized carbons (Fsp3) is 0.700. The predicted molar refractivity (Wildman–Crippen MR) is 101 cm³/mol. The number of hydrogen-bond acceptors (Lipinski definition) is 2. The van der Waals surface area contributed by atoms with Gasteiger partial charge in [-0.15, -0.1) is 0 Å². The lowest BCUT2D eigenvalue weighted by Crippen LogP contribution is -2.55. The van der Waals surface area contributed by atoms with Crippen LogP contribution in [-0.4, -0.2) is 26.0 Å². The van der Waals surface area contributed by atoms with E-state index in [0.29, 0.717) is 12.0 Å². The molecule has 0 aliphatic heterocycles. The van der Waals surface area contributed by atoms with E-state index in [0.717, 1.165) is 75.5 Å². The van der Waals surface area contributed by atoms with Crippen LogP contribution in [0.25, 0.3) is 0 Å². The number of alkyl halides is 3. The summed E-state index contributed by atoms with van der Waals surface area (Å²) in [6, 6.07) is 5.98. The van der Waals surface area contributed by atoms with Gasteiger partial charge in [0.1, 0.15) is 0 Å². The Morgan fingerprint density at radius 1 is 1.12 bits per heavy atom. The minimum absolute atomic E-state index is 0.104. The van der Waals surface area contributed by atoms with Gasteiger partial charge in [0.05, 0.1) is 13.4 Å². The number of unbranched alkanes of at least 4 members (excludes halogenated alkanes) is 1. The molecule has 0 bridgehead atoms. The van der Waals surface area contributed by atoms with E-state index in [1.165, 1.54) is 0 Å². The molecule has 1 aliphatic carbocycles. The maximum atomic E-state index is 12.5. The summed E-state index contributed by atoms with van der Waals surface area (Å²) in [5, 5.41) is 3.54. The predicted octanol–water partition coefficient (Wildman–Crippen LogP) is 4.48. The molecule has 26 heavy (non-hydrogen) atoms. The van der Waals surface area contributed by atoms with Crippen molar-refractivity contribution in [2.75, 3.05) is 6.54 Å². The Morgan fingerprint density at radius 2 is 1.77 bits per heavy atom. The second-order valence-electron chi connectivity index (χ2n) is 7.87. The van der Waals surface area contributed by atoms with E-state index >= 15 is 0 Å². The molecule has 0 amide bonds. The van der Waals surface area contributed by atoms with E-state index in [9.17, 15) is 13.2 Å². The van der Waals surface area contributed by atoms with Crippen molar-refractivity contribution < 1.29 is 13.2 Å². The molecule has 2 rings (SSSR count). The van der Waals surface area contributed by atoms with E-state index in [2.05, 4.69) is 12.2 Å². The van der Waals surface area contributed by atoms with Gasteiger partial charge in [0.25, 0.3) is 0 Å². The first-order valence-corrected chi connectivity index (χ1v) is 9.61. The van der Waals surface area contributed by atoms with E-state index < -0.39 is 11.7 Å². The quantitative estimate of drug-likeness (QED) is 0.473. The molecule has 1 atom stereocenters. The minimum atomic E-state index is -4.26. The Bertz CT molecular complexity index is 537. The molecular formula is C20H30BF3N2. The minimum Gasteiger partial charge on any atom is -0.325 e. The molecule has 1 unspecified atom stereocenters. The van der Waals surface area contributed by atoms with Gasteiger partial charge in [0.2, 0.25) is 0 Å². The van der Waals surface area contributed by atoms with Crippen LogP contribution in [0.4, 0.5) is 13.2 Å². The zero-order valence-corrected chi connectivity index (χ0v) is 15.6. The molecule has 1 fully saturated rings. The van der Waals surface area contributed by atoms with Crippen LogP contribution in [0.3, 0.4) is 0 Å². The topological polar surface area (TPSA) is 38.0 Å². The second-order valence-corrected chi connectivity index (χ2v) is 7.87. The van der Waals surface area contributed by atoms with Crippen LogP contribution in [0, 0.1) is 5.92 Å². The Morgan fingerprint density at radius 3 is 2.35 bits per heavy atom. The molecule has 2 radical (unpaired) electrons. The highest BCUT2D eigenvalue weighted by Crippen LogP contribution is 2.37. The lowest BCUT2D eigenvalue weighted by molar-refractivity contribution is -0.137. The van der Waals surface area contributed by atoms with E-state index in [1.807, 2.05) is 0 Å². The number of hydrogen-bond donors (Lipinski definition) is 2. The molecule has 3 N–H and O–H groups in total. The third-order valence-corrected chi connectivity index (χ3v) is 5.60. The van der Waals surface area contributed by atoms with Crippen molar-refractivity contribution in [3.8, 4) is 0 Å². The fourth-order valence-electron chi connectivity index (χ4n) is 3.64. The maximum Gasteiger partial charge on any atom is 0.416 e. The van der Waals surface area contributed by atoms with Gasteiger partial charge in [-0.3, -0.25) is 0 Å². The summed E-state index contributed by atoms with van der Waals surface area (Å²) < 4.78 is 37.6. The first-order chi connectivity index (χ1) is 12.2. The van der Waals surface area contributed by atoms with Crippen molar-refractivity contribution in [1.29, 1.82) is 0 Å². The zero-order valence-electron chi connectivity index (χ0n) is 15.6. The summed E-state index contributed by atoms with van der Waals surface area (Å²) in [7, 11) is 5.54. The molecule has 1 aromatic rings. The molecule has 1 aliphatic rings. The number of rotatable bonds is 10. The summed E-state index contributed by atoms with van der Waals surface area (Å²) in [5.41, 5.74) is 6.70. The van der Waals surface area contributed by atoms with Crippen LogP contribution >= 0.6 is 0 Å². The molecular weight excluding hydrogens is 336 g/mol. The van der Waals surface area contributed by atoms with Gasteiger partial charge >= 0.3 is 6.18 Å². The number of halogens is 3. The van der Waals surface area contributed by atoms with Gasteiger partial charge in [-0.05, 0) is 69.2 Å². The zero-order chi connectivity index (χ0) is 19.2. The number of nitrogens with one attached hydrogen (secondary N) is 1. The van der Waals surface area contributed by atoms with Crippen LogP contribution in [-0.2, 0) is 12.6 Å². The molecule has 1 saturated carbocycles. The molecule has 0 aromatic heterocycles. The van der Waals surface area contributed by atoms with E-state index in [1.54, 1.807) is 12.1 Å². The molecule has 144 valence electrons. The van der Waals surface area contributed by atoms with Crippen LogP contribution in [0.15, 0.2) is 24.3 Å². The van der Waals surface area contributed by atoms with Crippen molar-refractivity contribution in [2.24, 2.45) is 11.7 Å². The molecule has 0 saturated heterocycles. The van der Waals surface area contributed by atoms with Gasteiger partial charge in [0.15, 0.2) is 0 Å². The molecule has 0 spiro atoms. The summed E-state index contributed by atoms with van der Waals surface area (Å²) in [4.78, 5) is 0. The average Bonchev–Trinajstić information content (AvgIpc) is 2.52. The number of benzene rings is 1. The third kappa shape index (κ3) is 6.31. The van der Waals surface area contributed by atoms with Gasteiger partial charge in [-0.2, -0.15) is 13.2 Å². The Hall–Kier alpha value is -1.01. The van der Waals surface area contributed by atoms with Crippen molar-refractivity contribution in [2.45, 2.75) is 75.9 Å². The van der Waals surface area contributed by atoms with Crippen LogP contribution in [0.5, 0.6) is 0 Å². The highest BCUT2D eigenvalue weighted by atomic mass is 19.4. The van der Waals surface area contributed by atoms with Crippen LogP contribution in [0.1, 0.15) is 56.6 Å². The Labute approximate surface area is 156 Å². The van der Waals surface area contributed by atoms with Crippen molar-refractivity contribution in [1.82, 2.24) is 5.32 Å². The summed E-state index contributed by atoms with van der Waals surface area (Å²) in [5.74, 6) is 0.563. The third-order valence-electron chi connectivity index (χ3n) is 5.60. The largest absolute Gasteiger partial charge is 0.416 e.